The number of hydrogen-bond donors (Lipinski definition) is 1. The molecule has 0 radical (unpaired) electrons. The van der Waals surface area contributed by atoms with Crippen LogP contribution in [-0.4, -0.2) is 39.4 Å². The lowest BCUT2D eigenvalue weighted by Gasteiger charge is -2.18. The molecule has 0 aliphatic rings. The highest BCUT2D eigenvalue weighted by Gasteiger charge is 2.21. The van der Waals surface area contributed by atoms with Crippen molar-refractivity contribution in [3.05, 3.63) is 44.0 Å². The minimum absolute atomic E-state index is 0.131. The maximum atomic E-state index is 11.0. The molecule has 1 rings (SSSR count). The summed E-state index contributed by atoms with van der Waals surface area (Å²) in [5.41, 5.74) is -0.406. The van der Waals surface area contributed by atoms with Crippen LogP contribution in [0, 0.1) is 26.1 Å². The highest BCUT2D eigenvalue weighted by molar-refractivity contribution is 5.69. The largest absolute Gasteiger partial charge is 0.481 e. The van der Waals surface area contributed by atoms with Crippen LogP contribution in [0.3, 0.4) is 0 Å². The van der Waals surface area contributed by atoms with Gasteiger partial charge < -0.3 is 10.0 Å². The van der Waals surface area contributed by atoms with Gasteiger partial charge in [0.25, 0.3) is 11.4 Å². The van der Waals surface area contributed by atoms with E-state index in [4.69, 9.17) is 5.11 Å². The summed E-state index contributed by atoms with van der Waals surface area (Å²) in [6.07, 6.45) is 0. The van der Waals surface area contributed by atoms with Gasteiger partial charge in [-0.15, -0.1) is 0 Å². The van der Waals surface area contributed by atoms with Crippen molar-refractivity contribution in [1.82, 2.24) is 4.90 Å². The number of benzene rings is 1. The van der Waals surface area contributed by atoms with E-state index in [1.807, 2.05) is 0 Å². The Kier molecular flexibility index (Phi) is 5.30. The van der Waals surface area contributed by atoms with Gasteiger partial charge in [-0.05, 0) is 13.1 Å². The number of carboxylic acid groups (broad SMARTS) is 1. The van der Waals surface area contributed by atoms with E-state index in [0.717, 1.165) is 6.07 Å². The van der Waals surface area contributed by atoms with Crippen LogP contribution < -0.4 is 0 Å². The monoisotopic (exact) mass is 297 g/mol. The fourth-order valence-electron chi connectivity index (χ4n) is 1.87. The second kappa shape index (κ2) is 6.75. The summed E-state index contributed by atoms with van der Waals surface area (Å²) in [4.78, 5) is 32.6. The molecule has 1 unspecified atom stereocenters. The van der Waals surface area contributed by atoms with E-state index >= 15 is 0 Å². The summed E-state index contributed by atoms with van der Waals surface area (Å²) < 4.78 is 0. The van der Waals surface area contributed by atoms with Gasteiger partial charge in [0.05, 0.1) is 21.8 Å². The van der Waals surface area contributed by atoms with Crippen LogP contribution in [0.5, 0.6) is 0 Å². The standard InChI is InChI=1S/C12H15N3O6/c1-8(12(16)17)6-13(2)7-9-3-4-10(14(18)19)5-11(9)15(20)21/h3-5,8H,6-7H2,1-2H3,(H,16,17). The Bertz CT molecular complexity index is 574. The fraction of sp³-hybridized carbons (Fsp3) is 0.417. The third-order valence-electron chi connectivity index (χ3n) is 2.92. The number of nitro groups is 2. The van der Waals surface area contributed by atoms with Crippen molar-refractivity contribution in [2.75, 3.05) is 13.6 Å². The summed E-state index contributed by atoms with van der Waals surface area (Å²) in [7, 11) is 1.63. The Hall–Kier alpha value is -2.55. The van der Waals surface area contributed by atoms with E-state index in [-0.39, 0.29) is 24.5 Å². The number of aliphatic carboxylic acids is 1. The number of carbonyl (C=O) groups is 1. The Morgan fingerprint density at radius 2 is 1.95 bits per heavy atom. The lowest BCUT2D eigenvalue weighted by atomic mass is 10.1. The molecule has 114 valence electrons. The minimum Gasteiger partial charge on any atom is -0.481 e. The zero-order valence-electron chi connectivity index (χ0n) is 11.6. The second-order valence-corrected chi connectivity index (χ2v) is 4.76. The molecule has 9 heteroatoms. The van der Waals surface area contributed by atoms with Gasteiger partial charge in [-0.25, -0.2) is 0 Å². The molecule has 0 aliphatic carbocycles. The number of rotatable bonds is 7. The highest BCUT2D eigenvalue weighted by atomic mass is 16.6. The van der Waals surface area contributed by atoms with Gasteiger partial charge in [-0.1, -0.05) is 6.92 Å². The molecule has 9 nitrogen and oxygen atoms in total. The van der Waals surface area contributed by atoms with Crippen LogP contribution in [0.1, 0.15) is 12.5 Å². The fourth-order valence-corrected chi connectivity index (χ4v) is 1.87. The number of hydrogen-bond acceptors (Lipinski definition) is 6. The average Bonchev–Trinajstić information content (AvgIpc) is 2.38. The van der Waals surface area contributed by atoms with Crippen molar-refractivity contribution >= 4 is 17.3 Å². The summed E-state index contributed by atoms with van der Waals surface area (Å²) in [5, 5.41) is 30.4. The quantitative estimate of drug-likeness (QED) is 0.598. The van der Waals surface area contributed by atoms with E-state index in [1.165, 1.54) is 19.1 Å². The van der Waals surface area contributed by atoms with Crippen molar-refractivity contribution in [3.8, 4) is 0 Å². The first-order valence-corrected chi connectivity index (χ1v) is 6.05. The third kappa shape index (κ3) is 4.49. The van der Waals surface area contributed by atoms with Crippen molar-refractivity contribution in [2.45, 2.75) is 13.5 Å². The molecule has 0 aromatic heterocycles. The zero-order chi connectivity index (χ0) is 16.2. The molecule has 0 saturated heterocycles. The van der Waals surface area contributed by atoms with Gasteiger partial charge in [0.15, 0.2) is 0 Å². The van der Waals surface area contributed by atoms with E-state index < -0.39 is 21.7 Å². The van der Waals surface area contributed by atoms with Crippen LogP contribution in [0.25, 0.3) is 0 Å². The maximum Gasteiger partial charge on any atom is 0.307 e. The van der Waals surface area contributed by atoms with Crippen LogP contribution >= 0.6 is 0 Å². The molecule has 0 amide bonds. The van der Waals surface area contributed by atoms with E-state index in [9.17, 15) is 25.0 Å². The van der Waals surface area contributed by atoms with E-state index in [1.54, 1.807) is 11.9 Å². The van der Waals surface area contributed by atoms with Gasteiger partial charge in [0.1, 0.15) is 0 Å². The van der Waals surface area contributed by atoms with Crippen molar-refractivity contribution in [2.24, 2.45) is 5.92 Å². The number of nitrogens with zero attached hydrogens (tertiary/aromatic N) is 3. The number of nitro benzene ring substituents is 2. The molecule has 0 fully saturated rings. The number of non-ortho nitro benzene ring substituents is 1. The molecule has 0 spiro atoms. The molecular weight excluding hydrogens is 282 g/mol. The predicted molar refractivity (Wildman–Crippen MR) is 72.9 cm³/mol. The lowest BCUT2D eigenvalue weighted by molar-refractivity contribution is -0.394. The Morgan fingerprint density at radius 3 is 2.43 bits per heavy atom. The minimum atomic E-state index is -0.958. The van der Waals surface area contributed by atoms with Gasteiger partial charge in [-0.2, -0.15) is 0 Å². The van der Waals surface area contributed by atoms with Crippen molar-refractivity contribution in [1.29, 1.82) is 0 Å². The molecule has 21 heavy (non-hydrogen) atoms. The highest BCUT2D eigenvalue weighted by Crippen LogP contribution is 2.25. The summed E-state index contributed by atoms with van der Waals surface area (Å²) >= 11 is 0. The van der Waals surface area contributed by atoms with Crippen molar-refractivity contribution in [3.63, 3.8) is 0 Å². The molecule has 1 N–H and O–H groups in total. The topological polar surface area (TPSA) is 127 Å². The van der Waals surface area contributed by atoms with Gasteiger partial charge in [-0.3, -0.25) is 25.0 Å². The first kappa shape index (κ1) is 16.5. The van der Waals surface area contributed by atoms with Crippen LogP contribution in [0.2, 0.25) is 0 Å². The Balaban J connectivity index is 2.94. The summed E-state index contributed by atoms with van der Waals surface area (Å²) in [6.45, 7) is 1.87. The zero-order valence-corrected chi connectivity index (χ0v) is 11.6. The molecule has 0 aliphatic heterocycles. The first-order chi connectivity index (χ1) is 9.72. The Labute approximate surface area is 120 Å². The Morgan fingerprint density at radius 1 is 1.33 bits per heavy atom. The normalized spacial score (nSPS) is 12.1. The van der Waals surface area contributed by atoms with Crippen molar-refractivity contribution < 1.29 is 19.7 Å². The molecule has 1 atom stereocenters. The molecule has 1 aromatic rings. The van der Waals surface area contributed by atoms with Gasteiger partial charge >= 0.3 is 5.97 Å². The van der Waals surface area contributed by atoms with E-state index in [0.29, 0.717) is 5.56 Å². The molecular formula is C12H15N3O6. The molecule has 0 saturated carbocycles. The number of carboxylic acids is 1. The predicted octanol–water partition coefficient (Wildman–Crippen LogP) is 1.66. The molecule has 0 bridgehead atoms. The van der Waals surface area contributed by atoms with Crippen LogP contribution in [0.4, 0.5) is 11.4 Å². The second-order valence-electron chi connectivity index (χ2n) is 4.76. The maximum absolute atomic E-state index is 11.0. The molecule has 1 aromatic carbocycles. The summed E-state index contributed by atoms with van der Waals surface area (Å²) in [6, 6.07) is 3.42. The molecule has 0 heterocycles. The van der Waals surface area contributed by atoms with Crippen LogP contribution in [-0.2, 0) is 11.3 Å². The van der Waals surface area contributed by atoms with Gasteiger partial charge in [0.2, 0.25) is 0 Å². The average molecular weight is 297 g/mol. The smallest absolute Gasteiger partial charge is 0.307 e. The SMILES string of the molecule is CC(CN(C)Cc1ccc([N+](=O)[O-])cc1[N+](=O)[O-])C(=O)O. The summed E-state index contributed by atoms with van der Waals surface area (Å²) in [5.74, 6) is -1.58. The lowest BCUT2D eigenvalue weighted by Crippen LogP contribution is -2.28. The first-order valence-electron chi connectivity index (χ1n) is 6.05. The van der Waals surface area contributed by atoms with Gasteiger partial charge in [0, 0.05) is 24.7 Å². The van der Waals surface area contributed by atoms with E-state index in [2.05, 4.69) is 0 Å². The van der Waals surface area contributed by atoms with Crippen LogP contribution in [0.15, 0.2) is 18.2 Å². The third-order valence-corrected chi connectivity index (χ3v) is 2.92.